The fourth-order valence-corrected chi connectivity index (χ4v) is 1.04. The third-order valence-corrected chi connectivity index (χ3v) is 1.78. The Hall–Kier alpha value is -1.28. The fraction of sp³-hybridized carbons (Fsp3) is 0.100. The van der Waals surface area contributed by atoms with Gasteiger partial charge in [-0.05, 0) is 24.6 Å². The van der Waals surface area contributed by atoms with Crippen molar-refractivity contribution in [2.24, 2.45) is 10.7 Å². The van der Waals surface area contributed by atoms with Gasteiger partial charge in [-0.2, -0.15) is 0 Å². The van der Waals surface area contributed by atoms with Crippen LogP contribution in [0.25, 0.3) is 6.08 Å². The summed E-state index contributed by atoms with van der Waals surface area (Å²) in [5, 5.41) is 0.712. The van der Waals surface area contributed by atoms with Crippen molar-refractivity contribution in [3.63, 3.8) is 0 Å². The number of hydrogen-bond acceptors (Lipinski definition) is 1. The van der Waals surface area contributed by atoms with Gasteiger partial charge in [-0.15, -0.1) is 0 Å². The fourth-order valence-electron chi connectivity index (χ4n) is 0.845. The molecular weight excluding hydrogens is 184 g/mol. The van der Waals surface area contributed by atoms with E-state index in [9.17, 15) is 0 Å². The van der Waals surface area contributed by atoms with Crippen LogP contribution in [0.2, 0.25) is 5.02 Å². The predicted molar refractivity (Wildman–Crippen MR) is 57.8 cm³/mol. The first-order valence-corrected chi connectivity index (χ1v) is 4.29. The predicted octanol–water partition coefficient (Wildman–Crippen LogP) is 2.69. The summed E-state index contributed by atoms with van der Waals surface area (Å²) in [7, 11) is 0. The summed E-state index contributed by atoms with van der Waals surface area (Å²) in [5.41, 5.74) is 6.30. The lowest BCUT2D eigenvalue weighted by molar-refractivity contribution is 1.48. The number of aliphatic imine (C=N–C) groups is 1. The van der Waals surface area contributed by atoms with Gasteiger partial charge in [0, 0.05) is 11.2 Å². The van der Waals surface area contributed by atoms with Crippen molar-refractivity contribution in [1.82, 2.24) is 0 Å². The molecule has 0 radical (unpaired) electrons. The van der Waals surface area contributed by atoms with Crippen LogP contribution in [0.4, 0.5) is 0 Å². The number of nitrogens with zero attached hydrogens (tertiary/aromatic N) is 1. The zero-order chi connectivity index (χ0) is 9.68. The van der Waals surface area contributed by atoms with Crippen LogP contribution in [0.1, 0.15) is 12.5 Å². The minimum absolute atomic E-state index is 0.531. The molecule has 13 heavy (non-hydrogen) atoms. The van der Waals surface area contributed by atoms with E-state index in [-0.39, 0.29) is 0 Å². The van der Waals surface area contributed by atoms with Crippen molar-refractivity contribution in [2.75, 3.05) is 0 Å². The van der Waals surface area contributed by atoms with Crippen LogP contribution >= 0.6 is 11.6 Å². The Balaban J connectivity index is 2.80. The highest BCUT2D eigenvalue weighted by atomic mass is 35.5. The van der Waals surface area contributed by atoms with E-state index in [4.69, 9.17) is 17.3 Å². The lowest BCUT2D eigenvalue weighted by atomic mass is 10.2. The normalized spacial score (nSPS) is 12.3. The Bertz CT molecular complexity index is 339. The van der Waals surface area contributed by atoms with Gasteiger partial charge < -0.3 is 5.73 Å². The summed E-state index contributed by atoms with van der Waals surface area (Å²) in [6.45, 7) is 1.73. The number of benzene rings is 1. The standard InChI is InChI=1S/C10H11ClN2/c1-8(12)13-7-6-9-4-2-3-5-10(9)11/h2-7H,1H3,(H2,12,13)/b7-6+. The summed E-state index contributed by atoms with van der Waals surface area (Å²) >= 11 is 5.91. The molecule has 0 saturated carbocycles. The third-order valence-electron chi connectivity index (χ3n) is 1.44. The Labute approximate surface area is 82.7 Å². The van der Waals surface area contributed by atoms with E-state index in [1.54, 1.807) is 13.1 Å². The molecule has 1 rings (SSSR count). The molecule has 0 spiro atoms. The Morgan fingerprint density at radius 2 is 2.15 bits per heavy atom. The topological polar surface area (TPSA) is 38.4 Å². The van der Waals surface area contributed by atoms with Crippen LogP contribution in [0, 0.1) is 0 Å². The molecule has 0 aromatic heterocycles. The van der Waals surface area contributed by atoms with Gasteiger partial charge in [-0.1, -0.05) is 29.8 Å². The van der Waals surface area contributed by atoms with Crippen LogP contribution in [0.3, 0.4) is 0 Å². The molecule has 0 aliphatic rings. The Kier molecular flexibility index (Phi) is 3.53. The molecule has 2 N–H and O–H groups in total. The van der Waals surface area contributed by atoms with Crippen molar-refractivity contribution >= 4 is 23.5 Å². The second-order valence-corrected chi connectivity index (χ2v) is 3.01. The zero-order valence-corrected chi connectivity index (χ0v) is 8.12. The van der Waals surface area contributed by atoms with Crippen LogP contribution in [-0.4, -0.2) is 5.84 Å². The van der Waals surface area contributed by atoms with E-state index in [1.807, 2.05) is 30.3 Å². The first-order valence-electron chi connectivity index (χ1n) is 3.91. The molecule has 0 bridgehead atoms. The van der Waals surface area contributed by atoms with Gasteiger partial charge in [-0.25, -0.2) is 4.99 Å². The number of amidine groups is 1. The summed E-state index contributed by atoms with van der Waals surface area (Å²) in [4.78, 5) is 3.92. The van der Waals surface area contributed by atoms with Crippen molar-refractivity contribution < 1.29 is 0 Å². The number of hydrogen-bond donors (Lipinski definition) is 1. The first kappa shape index (κ1) is 9.81. The summed E-state index contributed by atoms with van der Waals surface area (Å²) in [6, 6.07) is 7.56. The Morgan fingerprint density at radius 1 is 1.46 bits per heavy atom. The molecule has 0 saturated heterocycles. The van der Waals surface area contributed by atoms with Crippen LogP contribution in [-0.2, 0) is 0 Å². The maximum Gasteiger partial charge on any atom is 0.0957 e. The van der Waals surface area contributed by atoms with Gasteiger partial charge in [0.25, 0.3) is 0 Å². The highest BCUT2D eigenvalue weighted by Gasteiger charge is 1.91. The van der Waals surface area contributed by atoms with E-state index >= 15 is 0 Å². The molecule has 0 aliphatic carbocycles. The second-order valence-electron chi connectivity index (χ2n) is 2.61. The maximum absolute atomic E-state index is 5.91. The molecule has 1 aromatic rings. The van der Waals surface area contributed by atoms with Gasteiger partial charge in [0.15, 0.2) is 0 Å². The van der Waals surface area contributed by atoms with Crippen LogP contribution in [0.15, 0.2) is 35.5 Å². The molecule has 1 aromatic carbocycles. The SMILES string of the molecule is CC(N)=N/C=C/c1ccccc1Cl. The van der Waals surface area contributed by atoms with Gasteiger partial charge >= 0.3 is 0 Å². The first-order chi connectivity index (χ1) is 6.20. The van der Waals surface area contributed by atoms with E-state index in [0.717, 1.165) is 5.56 Å². The molecule has 0 fully saturated rings. The lowest BCUT2D eigenvalue weighted by Crippen LogP contribution is -2.03. The smallest absolute Gasteiger partial charge is 0.0957 e. The van der Waals surface area contributed by atoms with Crippen molar-refractivity contribution in [2.45, 2.75) is 6.92 Å². The summed E-state index contributed by atoms with van der Waals surface area (Å²) in [5.74, 6) is 0.531. The van der Waals surface area contributed by atoms with E-state index in [1.165, 1.54) is 0 Å². The number of rotatable bonds is 2. The molecule has 2 nitrogen and oxygen atoms in total. The molecule has 0 unspecified atom stereocenters. The monoisotopic (exact) mass is 194 g/mol. The second kappa shape index (κ2) is 4.67. The van der Waals surface area contributed by atoms with Crippen molar-refractivity contribution in [3.8, 4) is 0 Å². The molecule has 0 heterocycles. The average molecular weight is 195 g/mol. The highest BCUT2D eigenvalue weighted by molar-refractivity contribution is 6.32. The number of nitrogens with two attached hydrogens (primary N) is 1. The van der Waals surface area contributed by atoms with Gasteiger partial charge in [0.1, 0.15) is 0 Å². The van der Waals surface area contributed by atoms with E-state index in [2.05, 4.69) is 4.99 Å². The quantitative estimate of drug-likeness (QED) is 0.571. The van der Waals surface area contributed by atoms with Crippen LogP contribution < -0.4 is 5.73 Å². The summed E-state index contributed by atoms with van der Waals surface area (Å²) in [6.07, 6.45) is 3.45. The Morgan fingerprint density at radius 3 is 2.77 bits per heavy atom. The van der Waals surface area contributed by atoms with E-state index < -0.39 is 0 Å². The third kappa shape index (κ3) is 3.30. The number of halogens is 1. The summed E-state index contributed by atoms with van der Waals surface area (Å²) < 4.78 is 0. The van der Waals surface area contributed by atoms with Crippen LogP contribution in [0.5, 0.6) is 0 Å². The molecule has 3 heteroatoms. The van der Waals surface area contributed by atoms with Crippen molar-refractivity contribution in [1.29, 1.82) is 0 Å². The minimum atomic E-state index is 0.531. The van der Waals surface area contributed by atoms with E-state index in [0.29, 0.717) is 10.9 Å². The van der Waals surface area contributed by atoms with Gasteiger partial charge in [0.05, 0.1) is 5.84 Å². The zero-order valence-electron chi connectivity index (χ0n) is 7.37. The maximum atomic E-state index is 5.91. The average Bonchev–Trinajstić information content (AvgIpc) is 2.08. The molecular formula is C10H11ClN2. The lowest BCUT2D eigenvalue weighted by Gasteiger charge is -1.94. The van der Waals surface area contributed by atoms with Gasteiger partial charge in [-0.3, -0.25) is 0 Å². The minimum Gasteiger partial charge on any atom is -0.387 e. The van der Waals surface area contributed by atoms with Gasteiger partial charge in [0.2, 0.25) is 0 Å². The highest BCUT2D eigenvalue weighted by Crippen LogP contribution is 2.15. The molecule has 0 atom stereocenters. The molecule has 0 amide bonds. The van der Waals surface area contributed by atoms with Crippen molar-refractivity contribution in [3.05, 3.63) is 41.1 Å². The molecule has 68 valence electrons. The largest absolute Gasteiger partial charge is 0.387 e. The molecule has 0 aliphatic heterocycles.